The maximum Gasteiger partial charge on any atom is 0.258 e. The molecular formula is C22H29N3O4. The highest BCUT2D eigenvalue weighted by Crippen LogP contribution is 2.35. The highest BCUT2D eigenvalue weighted by Gasteiger charge is 2.38. The summed E-state index contributed by atoms with van der Waals surface area (Å²) < 4.78 is 16.3. The van der Waals surface area contributed by atoms with Gasteiger partial charge in [-0.25, -0.2) is 0 Å². The number of nitrogens with one attached hydrogen (secondary N) is 1. The first kappa shape index (κ1) is 20.9. The average Bonchev–Trinajstić information content (AvgIpc) is 3.02. The van der Waals surface area contributed by atoms with Crippen molar-refractivity contribution in [3.8, 4) is 11.5 Å². The number of benzene rings is 1. The molecule has 1 saturated carbocycles. The monoisotopic (exact) mass is 399 g/mol. The van der Waals surface area contributed by atoms with E-state index in [0.29, 0.717) is 23.2 Å². The Kier molecular flexibility index (Phi) is 6.90. The van der Waals surface area contributed by atoms with Gasteiger partial charge in [-0.15, -0.1) is 6.58 Å². The smallest absolute Gasteiger partial charge is 0.258 e. The minimum atomic E-state index is -0.605. The van der Waals surface area contributed by atoms with Crippen molar-refractivity contribution in [1.82, 2.24) is 15.5 Å². The number of hydrogen-bond donors (Lipinski definition) is 1. The van der Waals surface area contributed by atoms with Crippen LogP contribution in [0.5, 0.6) is 11.5 Å². The molecule has 0 atom stereocenters. The number of ether oxygens (including phenoxy) is 2. The average molecular weight is 399 g/mol. The number of methoxy groups -OCH3 is 1. The number of amides is 1. The molecule has 1 heterocycles. The van der Waals surface area contributed by atoms with Crippen LogP contribution in [-0.4, -0.2) is 29.8 Å². The zero-order valence-corrected chi connectivity index (χ0v) is 17.2. The third-order valence-corrected chi connectivity index (χ3v) is 5.26. The number of carbonyl (C=O) groups excluding carboxylic acids is 1. The molecule has 1 aliphatic carbocycles. The maximum atomic E-state index is 12.8. The van der Waals surface area contributed by atoms with Crippen LogP contribution < -0.4 is 14.8 Å². The third kappa shape index (κ3) is 5.16. The van der Waals surface area contributed by atoms with Crippen LogP contribution in [-0.2, 0) is 16.8 Å². The number of rotatable bonds is 8. The molecule has 0 saturated heterocycles. The maximum absolute atomic E-state index is 12.8. The van der Waals surface area contributed by atoms with Gasteiger partial charge < -0.3 is 19.3 Å². The highest BCUT2D eigenvalue weighted by molar-refractivity contribution is 5.78. The lowest BCUT2D eigenvalue weighted by molar-refractivity contribution is -0.125. The quantitative estimate of drug-likeness (QED) is 0.536. The summed E-state index contributed by atoms with van der Waals surface area (Å²) in [4.78, 5) is 17.2. The van der Waals surface area contributed by atoms with Gasteiger partial charge in [-0.1, -0.05) is 43.0 Å². The molecule has 2 aromatic rings. The predicted octanol–water partition coefficient (Wildman–Crippen LogP) is 3.86. The van der Waals surface area contributed by atoms with Gasteiger partial charge in [0.1, 0.15) is 5.54 Å². The fourth-order valence-electron chi connectivity index (χ4n) is 3.80. The summed E-state index contributed by atoms with van der Waals surface area (Å²) in [5.41, 5.74) is 0.464. The lowest BCUT2D eigenvalue weighted by Crippen LogP contribution is -2.48. The van der Waals surface area contributed by atoms with E-state index in [1.807, 2.05) is 24.3 Å². The molecule has 7 nitrogen and oxygen atoms in total. The summed E-state index contributed by atoms with van der Waals surface area (Å²) in [7, 11) is 1.58. The van der Waals surface area contributed by atoms with Crippen molar-refractivity contribution >= 4 is 5.91 Å². The van der Waals surface area contributed by atoms with Gasteiger partial charge in [0.05, 0.1) is 7.11 Å². The molecule has 7 heteroatoms. The predicted molar refractivity (Wildman–Crippen MR) is 109 cm³/mol. The lowest BCUT2D eigenvalue weighted by Gasteiger charge is -2.30. The molecule has 1 aliphatic rings. The van der Waals surface area contributed by atoms with Gasteiger partial charge in [0, 0.05) is 6.92 Å². The molecule has 0 bridgehead atoms. The van der Waals surface area contributed by atoms with Gasteiger partial charge >= 0.3 is 0 Å². The van der Waals surface area contributed by atoms with E-state index < -0.39 is 5.54 Å². The van der Waals surface area contributed by atoms with E-state index in [4.69, 9.17) is 14.0 Å². The Balaban J connectivity index is 1.70. The molecule has 1 aromatic carbocycles. The van der Waals surface area contributed by atoms with Gasteiger partial charge in [0.15, 0.2) is 23.9 Å². The molecule has 1 amide bonds. The second-order valence-corrected chi connectivity index (χ2v) is 7.45. The molecule has 3 rings (SSSR count). The fraction of sp³-hybridized carbons (Fsp3) is 0.500. The molecular weight excluding hydrogens is 370 g/mol. The van der Waals surface area contributed by atoms with Gasteiger partial charge in [-0.3, -0.25) is 4.79 Å². The molecule has 1 N–H and O–H groups in total. The van der Waals surface area contributed by atoms with E-state index in [0.717, 1.165) is 50.5 Å². The first-order chi connectivity index (χ1) is 14.1. The fourth-order valence-corrected chi connectivity index (χ4v) is 3.80. The van der Waals surface area contributed by atoms with Crippen molar-refractivity contribution in [3.05, 3.63) is 48.1 Å². The minimum Gasteiger partial charge on any atom is -0.493 e. The summed E-state index contributed by atoms with van der Waals surface area (Å²) >= 11 is 0. The van der Waals surface area contributed by atoms with Crippen molar-refractivity contribution < 1.29 is 18.8 Å². The number of allylic oxidation sites excluding steroid dienone is 1. The van der Waals surface area contributed by atoms with Gasteiger partial charge in [-0.05, 0) is 37.0 Å². The van der Waals surface area contributed by atoms with E-state index in [1.54, 1.807) is 14.0 Å². The van der Waals surface area contributed by atoms with Gasteiger partial charge in [-0.2, -0.15) is 4.98 Å². The molecule has 1 aromatic heterocycles. The van der Waals surface area contributed by atoms with E-state index >= 15 is 0 Å². The Hall–Kier alpha value is -2.83. The van der Waals surface area contributed by atoms with Gasteiger partial charge in [0.25, 0.3) is 5.91 Å². The summed E-state index contributed by atoms with van der Waals surface area (Å²) in [6.45, 7) is 5.39. The van der Waals surface area contributed by atoms with E-state index in [1.165, 1.54) is 0 Å². The SMILES string of the molecule is C=CCc1ccc(OCC(=O)NC2(c3noc(C)n3)CCCCCC2)c(OC)c1. The summed E-state index contributed by atoms with van der Waals surface area (Å²) in [5.74, 6) is 1.96. The van der Waals surface area contributed by atoms with Crippen LogP contribution in [0.1, 0.15) is 55.8 Å². The van der Waals surface area contributed by atoms with E-state index in [9.17, 15) is 4.79 Å². The number of aromatic nitrogens is 2. The highest BCUT2D eigenvalue weighted by atomic mass is 16.5. The number of hydrogen-bond acceptors (Lipinski definition) is 6. The zero-order chi connectivity index (χ0) is 20.7. The number of aryl methyl sites for hydroxylation is 1. The van der Waals surface area contributed by atoms with Crippen LogP contribution in [0.4, 0.5) is 0 Å². The Morgan fingerprint density at radius 1 is 1.28 bits per heavy atom. The van der Waals surface area contributed by atoms with Crippen molar-refractivity contribution in [2.75, 3.05) is 13.7 Å². The largest absolute Gasteiger partial charge is 0.493 e. The second kappa shape index (κ2) is 9.58. The Labute approximate surface area is 171 Å². The third-order valence-electron chi connectivity index (χ3n) is 5.26. The van der Waals surface area contributed by atoms with Crippen LogP contribution >= 0.6 is 0 Å². The zero-order valence-electron chi connectivity index (χ0n) is 17.2. The number of carbonyl (C=O) groups is 1. The van der Waals surface area contributed by atoms with Crippen molar-refractivity contribution in [3.63, 3.8) is 0 Å². The first-order valence-electron chi connectivity index (χ1n) is 10.1. The number of nitrogens with zero attached hydrogens (tertiary/aromatic N) is 2. The second-order valence-electron chi connectivity index (χ2n) is 7.45. The molecule has 0 spiro atoms. The van der Waals surface area contributed by atoms with Gasteiger partial charge in [0.2, 0.25) is 5.89 Å². The first-order valence-corrected chi connectivity index (χ1v) is 10.1. The summed E-state index contributed by atoms with van der Waals surface area (Å²) in [5, 5.41) is 7.25. The Bertz CT molecular complexity index is 838. The molecule has 0 aliphatic heterocycles. The summed E-state index contributed by atoms with van der Waals surface area (Å²) in [6, 6.07) is 5.64. The van der Waals surface area contributed by atoms with Crippen molar-refractivity contribution in [2.24, 2.45) is 0 Å². The van der Waals surface area contributed by atoms with Crippen LogP contribution in [0.2, 0.25) is 0 Å². The normalized spacial score (nSPS) is 15.9. The topological polar surface area (TPSA) is 86.5 Å². The van der Waals surface area contributed by atoms with Crippen LogP contribution in [0.3, 0.4) is 0 Å². The summed E-state index contributed by atoms with van der Waals surface area (Å²) in [6.07, 6.45) is 8.44. The van der Waals surface area contributed by atoms with Crippen LogP contribution in [0.15, 0.2) is 35.4 Å². The molecule has 0 unspecified atom stereocenters. The van der Waals surface area contributed by atoms with E-state index in [2.05, 4.69) is 22.0 Å². The van der Waals surface area contributed by atoms with Crippen LogP contribution in [0, 0.1) is 6.92 Å². The lowest BCUT2D eigenvalue weighted by atomic mass is 9.89. The van der Waals surface area contributed by atoms with Crippen molar-refractivity contribution in [2.45, 2.75) is 57.4 Å². The molecule has 156 valence electrons. The van der Waals surface area contributed by atoms with E-state index in [-0.39, 0.29) is 12.5 Å². The van der Waals surface area contributed by atoms with Crippen LogP contribution in [0.25, 0.3) is 0 Å². The molecule has 1 fully saturated rings. The standard InChI is InChI=1S/C22H29N3O4/c1-4-9-17-10-11-18(19(14-17)27-3)28-15-20(26)24-22(12-7-5-6-8-13-22)21-23-16(2)29-25-21/h4,10-11,14H,1,5-9,12-13,15H2,2-3H3,(H,24,26). The Morgan fingerprint density at radius 2 is 2.03 bits per heavy atom. The molecule has 0 radical (unpaired) electrons. The molecule has 29 heavy (non-hydrogen) atoms. The minimum absolute atomic E-state index is 0.115. The Morgan fingerprint density at radius 3 is 2.66 bits per heavy atom. The van der Waals surface area contributed by atoms with Crippen molar-refractivity contribution in [1.29, 1.82) is 0 Å².